The van der Waals surface area contributed by atoms with Crippen molar-refractivity contribution in [1.29, 1.82) is 0 Å². The van der Waals surface area contributed by atoms with Crippen LogP contribution in [0.15, 0.2) is 35.6 Å². The Balaban J connectivity index is 2.15. The second-order valence-electron chi connectivity index (χ2n) is 4.14. The van der Waals surface area contributed by atoms with E-state index in [9.17, 15) is 0 Å². The topological polar surface area (TPSA) is 44.9 Å². The summed E-state index contributed by atoms with van der Waals surface area (Å²) in [5.74, 6) is 1.01. The zero-order valence-electron chi connectivity index (χ0n) is 9.31. The van der Waals surface area contributed by atoms with Crippen LogP contribution in [0.5, 0.6) is 0 Å². The summed E-state index contributed by atoms with van der Waals surface area (Å²) in [7, 11) is 0. The van der Waals surface area contributed by atoms with Crippen LogP contribution in [0, 0.1) is 6.92 Å². The quantitative estimate of drug-likeness (QED) is 0.720. The lowest BCUT2D eigenvalue weighted by Gasteiger charge is -2.06. The molecule has 0 aromatic carbocycles. The molecule has 4 nitrogen and oxygen atoms in total. The molecule has 0 radical (unpaired) electrons. The molecule has 0 aliphatic carbocycles. The summed E-state index contributed by atoms with van der Waals surface area (Å²) in [6.07, 6.45) is 3.85. The van der Waals surface area contributed by atoms with Gasteiger partial charge in [-0.05, 0) is 29.6 Å². The fourth-order valence-electron chi connectivity index (χ4n) is 2.15. The largest absolute Gasteiger partial charge is 0.324 e. The minimum atomic E-state index is 0.165. The standard InChI is InChI=1S/C12H13N4/c1-8-4-6-16-11(7-8)14-9(2)12(16)10-3-5-13-15-10/h3-7,12H,1-2H3,(H,13,15)/q+1. The highest BCUT2D eigenvalue weighted by Crippen LogP contribution is 2.24. The van der Waals surface area contributed by atoms with Crippen molar-refractivity contribution in [2.45, 2.75) is 19.9 Å². The van der Waals surface area contributed by atoms with Crippen molar-refractivity contribution in [3.8, 4) is 0 Å². The molecular weight excluding hydrogens is 200 g/mol. The molecule has 3 heterocycles. The lowest BCUT2D eigenvalue weighted by molar-refractivity contribution is -0.680. The van der Waals surface area contributed by atoms with Crippen LogP contribution in [-0.4, -0.2) is 15.9 Å². The van der Waals surface area contributed by atoms with Crippen LogP contribution in [0.1, 0.15) is 24.2 Å². The van der Waals surface area contributed by atoms with E-state index in [0.29, 0.717) is 0 Å². The van der Waals surface area contributed by atoms with Crippen molar-refractivity contribution >= 4 is 11.5 Å². The van der Waals surface area contributed by atoms with E-state index in [1.165, 1.54) is 5.56 Å². The van der Waals surface area contributed by atoms with Crippen LogP contribution >= 0.6 is 0 Å². The van der Waals surface area contributed by atoms with Crippen molar-refractivity contribution in [2.24, 2.45) is 4.99 Å². The predicted octanol–water partition coefficient (Wildman–Crippen LogP) is 1.70. The molecule has 3 rings (SSSR count). The first-order chi connectivity index (χ1) is 7.75. The molecule has 1 aliphatic heterocycles. The first-order valence-corrected chi connectivity index (χ1v) is 5.32. The van der Waals surface area contributed by atoms with Crippen LogP contribution in [0.2, 0.25) is 0 Å². The van der Waals surface area contributed by atoms with Gasteiger partial charge < -0.3 is 0 Å². The van der Waals surface area contributed by atoms with Gasteiger partial charge in [0.25, 0.3) is 0 Å². The summed E-state index contributed by atoms with van der Waals surface area (Å²) >= 11 is 0. The number of hydrogen-bond donors (Lipinski definition) is 1. The van der Waals surface area contributed by atoms with E-state index in [4.69, 9.17) is 0 Å². The van der Waals surface area contributed by atoms with Crippen LogP contribution in [-0.2, 0) is 0 Å². The third-order valence-corrected chi connectivity index (χ3v) is 2.90. The number of nitrogens with zero attached hydrogens (tertiary/aromatic N) is 3. The van der Waals surface area contributed by atoms with Gasteiger partial charge in [0.05, 0.1) is 11.9 Å². The van der Waals surface area contributed by atoms with E-state index in [1.54, 1.807) is 6.20 Å². The van der Waals surface area contributed by atoms with Crippen molar-refractivity contribution < 1.29 is 4.57 Å². The molecule has 0 amide bonds. The number of pyridine rings is 1. The third-order valence-electron chi connectivity index (χ3n) is 2.90. The Labute approximate surface area is 93.7 Å². The predicted molar refractivity (Wildman–Crippen MR) is 60.9 cm³/mol. The molecule has 0 spiro atoms. The maximum absolute atomic E-state index is 4.58. The van der Waals surface area contributed by atoms with Gasteiger partial charge in [-0.2, -0.15) is 5.10 Å². The first-order valence-electron chi connectivity index (χ1n) is 5.32. The molecule has 1 aliphatic rings. The highest BCUT2D eigenvalue weighted by atomic mass is 15.2. The Morgan fingerprint density at radius 2 is 2.19 bits per heavy atom. The van der Waals surface area contributed by atoms with Crippen LogP contribution < -0.4 is 4.57 Å². The summed E-state index contributed by atoms with van der Waals surface area (Å²) in [6, 6.07) is 6.35. The number of aliphatic imine (C=N–C) groups is 1. The lowest BCUT2D eigenvalue weighted by Crippen LogP contribution is -2.40. The molecule has 0 saturated heterocycles. The van der Waals surface area contributed by atoms with E-state index < -0.39 is 0 Å². The fourth-order valence-corrected chi connectivity index (χ4v) is 2.15. The summed E-state index contributed by atoms with van der Waals surface area (Å²) in [5.41, 5.74) is 3.40. The molecule has 4 heteroatoms. The molecule has 0 saturated carbocycles. The second kappa shape index (κ2) is 3.27. The number of H-pyrrole nitrogens is 1. The smallest absolute Gasteiger partial charge is 0.278 e. The van der Waals surface area contributed by atoms with E-state index in [1.807, 2.05) is 13.0 Å². The van der Waals surface area contributed by atoms with Crippen LogP contribution in [0.3, 0.4) is 0 Å². The second-order valence-corrected chi connectivity index (χ2v) is 4.14. The van der Waals surface area contributed by atoms with Crippen molar-refractivity contribution in [3.05, 3.63) is 41.9 Å². The maximum atomic E-state index is 4.58. The van der Waals surface area contributed by atoms with Crippen molar-refractivity contribution in [1.82, 2.24) is 10.2 Å². The van der Waals surface area contributed by atoms with Gasteiger partial charge in [-0.1, -0.05) is 0 Å². The highest BCUT2D eigenvalue weighted by Gasteiger charge is 2.34. The van der Waals surface area contributed by atoms with E-state index in [2.05, 4.69) is 45.0 Å². The minimum Gasteiger partial charge on any atom is -0.278 e. The van der Waals surface area contributed by atoms with Gasteiger partial charge in [0.1, 0.15) is 0 Å². The molecule has 2 aromatic heterocycles. The summed E-state index contributed by atoms with van der Waals surface area (Å²) in [6.45, 7) is 4.13. The fraction of sp³-hybridized carbons (Fsp3) is 0.250. The third kappa shape index (κ3) is 1.26. The van der Waals surface area contributed by atoms with Gasteiger partial charge in [0.15, 0.2) is 5.71 Å². The van der Waals surface area contributed by atoms with Crippen LogP contribution in [0.4, 0.5) is 5.82 Å². The summed E-state index contributed by atoms with van der Waals surface area (Å²) in [5, 5.41) is 7.01. The molecule has 1 N–H and O–H groups in total. The van der Waals surface area contributed by atoms with Crippen LogP contribution in [0.25, 0.3) is 0 Å². The number of aromatic amines is 1. The van der Waals surface area contributed by atoms with E-state index >= 15 is 0 Å². The van der Waals surface area contributed by atoms with Crippen molar-refractivity contribution in [2.75, 3.05) is 0 Å². The number of nitrogens with one attached hydrogen (secondary N) is 1. The average molecular weight is 213 g/mol. The molecule has 1 unspecified atom stereocenters. The Hall–Kier alpha value is -1.97. The Morgan fingerprint density at radius 3 is 2.94 bits per heavy atom. The molecule has 0 fully saturated rings. The molecule has 80 valence electrons. The van der Waals surface area contributed by atoms with Gasteiger partial charge in [-0.15, -0.1) is 0 Å². The Morgan fingerprint density at radius 1 is 1.31 bits per heavy atom. The number of fused-ring (bicyclic) bond motifs is 1. The van der Waals surface area contributed by atoms with Gasteiger partial charge >= 0.3 is 5.82 Å². The van der Waals surface area contributed by atoms with E-state index in [0.717, 1.165) is 17.2 Å². The number of aryl methyl sites for hydroxylation is 1. The average Bonchev–Trinajstić information content (AvgIpc) is 2.83. The maximum Gasteiger partial charge on any atom is 0.324 e. The van der Waals surface area contributed by atoms with Gasteiger partial charge in [-0.3, -0.25) is 5.10 Å². The van der Waals surface area contributed by atoms with Gasteiger partial charge in [0, 0.05) is 19.2 Å². The Kier molecular flexibility index (Phi) is 1.89. The van der Waals surface area contributed by atoms with Gasteiger partial charge in [0.2, 0.25) is 6.04 Å². The zero-order chi connectivity index (χ0) is 11.1. The Bertz CT molecular complexity index is 554. The highest BCUT2D eigenvalue weighted by molar-refractivity contribution is 5.90. The first kappa shape index (κ1) is 9.27. The molecule has 16 heavy (non-hydrogen) atoms. The number of hydrogen-bond acceptors (Lipinski definition) is 2. The monoisotopic (exact) mass is 213 g/mol. The molecule has 1 atom stereocenters. The minimum absolute atomic E-state index is 0.165. The number of aromatic nitrogens is 3. The normalized spacial score (nSPS) is 18.4. The number of rotatable bonds is 1. The molecule has 2 aromatic rings. The van der Waals surface area contributed by atoms with E-state index in [-0.39, 0.29) is 6.04 Å². The summed E-state index contributed by atoms with van der Waals surface area (Å²) in [4.78, 5) is 4.58. The lowest BCUT2D eigenvalue weighted by atomic mass is 10.1. The summed E-state index contributed by atoms with van der Waals surface area (Å²) < 4.78 is 2.16. The molecule has 0 bridgehead atoms. The van der Waals surface area contributed by atoms with Gasteiger partial charge in [-0.25, -0.2) is 4.57 Å². The molecular formula is C12H13N4+. The van der Waals surface area contributed by atoms with Crippen molar-refractivity contribution in [3.63, 3.8) is 0 Å². The zero-order valence-corrected chi connectivity index (χ0v) is 9.31. The SMILES string of the molecule is CC1=Nc2cc(C)cc[n+]2C1c1ccn[nH]1.